The molecule has 0 aliphatic rings. The first kappa shape index (κ1) is 11.7. The fourth-order valence-corrected chi connectivity index (χ4v) is 6.80. The number of benzene rings is 1. The predicted octanol–water partition coefficient (Wildman–Crippen LogP) is 3.65. The van der Waals surface area contributed by atoms with Crippen molar-refractivity contribution in [2.75, 3.05) is 0 Å². The van der Waals surface area contributed by atoms with Crippen LogP contribution in [0.2, 0.25) is 12.1 Å². The van der Waals surface area contributed by atoms with Gasteiger partial charge >= 0.3 is 0 Å². The van der Waals surface area contributed by atoms with Crippen LogP contribution >= 0.6 is 21.8 Å². The second-order valence-corrected chi connectivity index (χ2v) is 12.8. The lowest BCUT2D eigenvalue weighted by molar-refractivity contribution is 1.53. The Labute approximate surface area is 100.0 Å². The third kappa shape index (κ3) is 2.82. The summed E-state index contributed by atoms with van der Waals surface area (Å²) in [6.07, 6.45) is 4.07. The molecule has 0 heterocycles. The summed E-state index contributed by atoms with van der Waals surface area (Å²) in [4.78, 5) is 0. The minimum Gasteiger partial charge on any atom is -0.112 e. The van der Waals surface area contributed by atoms with Crippen LogP contribution in [0.15, 0.2) is 55.6 Å². The molecule has 0 amide bonds. The van der Waals surface area contributed by atoms with Crippen LogP contribution in [-0.2, 0) is 0 Å². The lowest BCUT2D eigenvalue weighted by Gasteiger charge is -2.22. The van der Waals surface area contributed by atoms with Crippen molar-refractivity contribution in [2.45, 2.75) is 12.1 Å². The molecule has 2 heteroatoms. The Morgan fingerprint density at radius 3 is 2.00 bits per heavy atom. The number of allylic oxidation sites excluding steroid dienone is 2. The van der Waals surface area contributed by atoms with E-state index in [2.05, 4.69) is 65.3 Å². The van der Waals surface area contributed by atoms with Crippen molar-refractivity contribution in [3.63, 3.8) is 0 Å². The number of rotatable bonds is 5. The van der Waals surface area contributed by atoms with Gasteiger partial charge in [0.25, 0.3) is 0 Å². The minimum absolute atomic E-state index is 1.11. The Bertz CT molecular complexity index is 295. The molecular weight excluding hydrogens is 299 g/mol. The summed E-state index contributed by atoms with van der Waals surface area (Å²) >= 11 is 2.64. The molecule has 0 nitrogen and oxygen atoms in total. The van der Waals surface area contributed by atoms with Gasteiger partial charge in [-0.3, -0.25) is 0 Å². The maximum absolute atomic E-state index is 3.85. The van der Waals surface area contributed by atoms with E-state index in [0.29, 0.717) is 0 Å². The van der Waals surface area contributed by atoms with E-state index in [1.165, 1.54) is 5.19 Å². The zero-order chi connectivity index (χ0) is 10.4. The maximum atomic E-state index is 3.85. The zero-order valence-electron chi connectivity index (χ0n) is 8.25. The standard InChI is InChI=1S/C12H15ISi/c1-3-10-14(13,11-4-2)12-8-6-5-7-9-12/h3-9H,1-2,10-11H2. The van der Waals surface area contributed by atoms with Crippen molar-refractivity contribution >= 4 is 32.6 Å². The normalized spacial score (nSPS) is 10.9. The molecule has 0 atom stereocenters. The van der Waals surface area contributed by atoms with Gasteiger partial charge in [0.15, 0.2) is 5.57 Å². The van der Waals surface area contributed by atoms with Crippen molar-refractivity contribution in [1.82, 2.24) is 0 Å². The molecule has 1 aromatic carbocycles. The van der Waals surface area contributed by atoms with Crippen molar-refractivity contribution in [2.24, 2.45) is 0 Å². The smallest absolute Gasteiger partial charge is 0.112 e. The Kier molecular flexibility index (Phi) is 4.61. The molecule has 1 aromatic rings. The molecule has 0 bridgehead atoms. The van der Waals surface area contributed by atoms with E-state index in [1.54, 1.807) is 0 Å². The quantitative estimate of drug-likeness (QED) is 0.337. The number of hydrogen-bond donors (Lipinski definition) is 0. The summed E-state index contributed by atoms with van der Waals surface area (Å²) < 4.78 is 0. The van der Waals surface area contributed by atoms with E-state index in [1.807, 2.05) is 12.2 Å². The molecule has 14 heavy (non-hydrogen) atoms. The van der Waals surface area contributed by atoms with E-state index < -0.39 is 5.57 Å². The summed E-state index contributed by atoms with van der Waals surface area (Å²) in [6.45, 7) is 7.70. The lowest BCUT2D eigenvalue weighted by atomic mass is 10.4. The van der Waals surface area contributed by atoms with Crippen LogP contribution in [-0.4, -0.2) is 5.57 Å². The van der Waals surface area contributed by atoms with Crippen LogP contribution in [0.5, 0.6) is 0 Å². The van der Waals surface area contributed by atoms with Gasteiger partial charge in [-0.25, -0.2) is 0 Å². The number of hydrogen-bond acceptors (Lipinski definition) is 0. The summed E-state index contributed by atoms with van der Waals surface area (Å²) in [5.41, 5.74) is -1.39. The van der Waals surface area contributed by atoms with Gasteiger partial charge in [-0.05, 0) is 17.3 Å². The number of halogens is 1. The average Bonchev–Trinajstić information content (AvgIpc) is 2.20. The molecule has 0 aliphatic carbocycles. The fourth-order valence-electron chi connectivity index (χ4n) is 1.51. The third-order valence-corrected chi connectivity index (χ3v) is 9.98. The van der Waals surface area contributed by atoms with Crippen LogP contribution < -0.4 is 5.19 Å². The zero-order valence-corrected chi connectivity index (χ0v) is 11.4. The first-order chi connectivity index (χ1) is 6.73. The van der Waals surface area contributed by atoms with Crippen LogP contribution in [0, 0.1) is 0 Å². The third-order valence-electron chi connectivity index (χ3n) is 2.23. The molecule has 0 N–H and O–H groups in total. The summed E-state index contributed by atoms with van der Waals surface area (Å²) in [7, 11) is 0. The van der Waals surface area contributed by atoms with E-state index in [-0.39, 0.29) is 0 Å². The van der Waals surface area contributed by atoms with Crippen LogP contribution in [0.1, 0.15) is 0 Å². The van der Waals surface area contributed by atoms with Gasteiger partial charge in [-0.2, -0.15) is 0 Å². The van der Waals surface area contributed by atoms with Gasteiger partial charge in [-0.15, -0.1) is 35.0 Å². The lowest BCUT2D eigenvalue weighted by Crippen LogP contribution is -2.40. The summed E-state index contributed by atoms with van der Waals surface area (Å²) in [6, 6.07) is 13.0. The molecule has 1 rings (SSSR count). The molecule has 0 saturated heterocycles. The molecular formula is C12H15ISi. The average molecular weight is 314 g/mol. The van der Waals surface area contributed by atoms with Gasteiger partial charge in [0.1, 0.15) is 0 Å². The monoisotopic (exact) mass is 314 g/mol. The van der Waals surface area contributed by atoms with Crippen LogP contribution in [0.25, 0.3) is 0 Å². The highest BCUT2D eigenvalue weighted by Crippen LogP contribution is 2.24. The van der Waals surface area contributed by atoms with Gasteiger partial charge in [0.05, 0.1) is 0 Å². The Morgan fingerprint density at radius 1 is 1.07 bits per heavy atom. The van der Waals surface area contributed by atoms with E-state index in [9.17, 15) is 0 Å². The molecule has 0 unspecified atom stereocenters. The minimum atomic E-state index is -1.39. The first-order valence-electron chi connectivity index (χ1n) is 4.69. The highest BCUT2D eigenvalue weighted by molar-refractivity contribution is 14.1. The van der Waals surface area contributed by atoms with Crippen LogP contribution in [0.4, 0.5) is 0 Å². The maximum Gasteiger partial charge on any atom is 0.163 e. The molecule has 0 fully saturated rings. The van der Waals surface area contributed by atoms with Crippen molar-refractivity contribution < 1.29 is 0 Å². The van der Waals surface area contributed by atoms with Crippen molar-refractivity contribution in [1.29, 1.82) is 0 Å². The van der Waals surface area contributed by atoms with Crippen LogP contribution in [0.3, 0.4) is 0 Å². The molecule has 0 radical (unpaired) electrons. The molecule has 0 aliphatic heterocycles. The second kappa shape index (κ2) is 5.51. The fraction of sp³-hybridized carbons (Fsp3) is 0.167. The van der Waals surface area contributed by atoms with E-state index in [0.717, 1.165) is 12.1 Å². The van der Waals surface area contributed by atoms with Gasteiger partial charge in [-0.1, -0.05) is 42.5 Å². The Balaban J connectivity index is 2.98. The van der Waals surface area contributed by atoms with Gasteiger partial charge < -0.3 is 0 Å². The van der Waals surface area contributed by atoms with E-state index in [4.69, 9.17) is 0 Å². The molecule has 0 saturated carbocycles. The highest BCUT2D eigenvalue weighted by atomic mass is 127. The highest BCUT2D eigenvalue weighted by Gasteiger charge is 2.28. The summed E-state index contributed by atoms with van der Waals surface area (Å²) in [5, 5.41) is 1.49. The topological polar surface area (TPSA) is 0 Å². The largest absolute Gasteiger partial charge is 0.163 e. The second-order valence-electron chi connectivity index (χ2n) is 3.32. The predicted molar refractivity (Wildman–Crippen MR) is 75.9 cm³/mol. The van der Waals surface area contributed by atoms with Crippen molar-refractivity contribution in [3.8, 4) is 0 Å². The van der Waals surface area contributed by atoms with Gasteiger partial charge in [0.2, 0.25) is 0 Å². The summed E-state index contributed by atoms with van der Waals surface area (Å²) in [5.74, 6) is 0. The van der Waals surface area contributed by atoms with Crippen molar-refractivity contribution in [3.05, 3.63) is 55.6 Å². The molecule has 0 spiro atoms. The Hall–Kier alpha value is -0.353. The first-order valence-corrected chi connectivity index (χ1v) is 10.2. The molecule has 74 valence electrons. The van der Waals surface area contributed by atoms with E-state index >= 15 is 0 Å². The Morgan fingerprint density at radius 2 is 1.57 bits per heavy atom. The molecule has 0 aromatic heterocycles. The SMILES string of the molecule is C=CC[Si](I)(CC=C)c1ccccc1. The van der Waals surface area contributed by atoms with Gasteiger partial charge in [0, 0.05) is 0 Å².